The summed E-state index contributed by atoms with van der Waals surface area (Å²) >= 11 is 0. The van der Waals surface area contributed by atoms with E-state index in [4.69, 9.17) is 4.74 Å². The lowest BCUT2D eigenvalue weighted by Crippen LogP contribution is -2.40. The number of likely N-dealkylation sites (tertiary alicyclic amines) is 1. The number of amides is 1. The Morgan fingerprint density at radius 2 is 1.77 bits per heavy atom. The molecule has 1 aromatic rings. The average molecular weight is 306 g/mol. The lowest BCUT2D eigenvalue weighted by Gasteiger charge is -2.30. The SMILES string of the molecule is COC(=O)C1CCN(C(=O)c2[nH]c(C)c(C(C)=O)c2C)CC1. The van der Waals surface area contributed by atoms with Gasteiger partial charge in [0.2, 0.25) is 0 Å². The number of piperidine rings is 1. The molecule has 6 heteroatoms. The van der Waals surface area contributed by atoms with E-state index < -0.39 is 0 Å². The number of methoxy groups -OCH3 is 1. The van der Waals surface area contributed by atoms with Gasteiger partial charge in [0, 0.05) is 24.3 Å². The van der Waals surface area contributed by atoms with Crippen molar-refractivity contribution in [3.8, 4) is 0 Å². The van der Waals surface area contributed by atoms with Crippen LogP contribution >= 0.6 is 0 Å². The smallest absolute Gasteiger partial charge is 0.308 e. The highest BCUT2D eigenvalue weighted by Crippen LogP contribution is 2.23. The molecule has 1 aliphatic rings. The predicted octanol–water partition coefficient (Wildman–Crippen LogP) is 1.86. The standard InChI is InChI=1S/C16H22N2O4/c1-9-13(11(3)19)10(2)17-14(9)15(20)18-7-5-12(6-8-18)16(21)22-4/h12,17H,5-8H2,1-4H3. The second-order valence-corrected chi connectivity index (χ2v) is 5.77. The summed E-state index contributed by atoms with van der Waals surface area (Å²) in [4.78, 5) is 40.6. The highest BCUT2D eigenvalue weighted by molar-refractivity contribution is 6.02. The van der Waals surface area contributed by atoms with E-state index in [1.54, 1.807) is 18.7 Å². The fourth-order valence-corrected chi connectivity index (χ4v) is 3.14. The molecule has 0 radical (unpaired) electrons. The summed E-state index contributed by atoms with van der Waals surface area (Å²) < 4.78 is 4.75. The molecule has 0 aromatic carbocycles. The Hall–Kier alpha value is -2.11. The molecular formula is C16H22N2O4. The lowest BCUT2D eigenvalue weighted by atomic mass is 9.96. The molecule has 22 heavy (non-hydrogen) atoms. The van der Waals surface area contributed by atoms with Gasteiger partial charge in [0.15, 0.2) is 5.78 Å². The topological polar surface area (TPSA) is 79.5 Å². The maximum Gasteiger partial charge on any atom is 0.308 e. The number of esters is 1. The van der Waals surface area contributed by atoms with Crippen LogP contribution < -0.4 is 0 Å². The first-order chi connectivity index (χ1) is 10.4. The first-order valence-corrected chi connectivity index (χ1v) is 7.44. The van der Waals surface area contributed by atoms with Crippen molar-refractivity contribution in [3.63, 3.8) is 0 Å². The third-order valence-electron chi connectivity index (χ3n) is 4.32. The molecule has 0 unspecified atom stereocenters. The summed E-state index contributed by atoms with van der Waals surface area (Å²) in [6.07, 6.45) is 1.22. The van der Waals surface area contributed by atoms with Gasteiger partial charge in [0.25, 0.3) is 5.91 Å². The zero-order valence-corrected chi connectivity index (χ0v) is 13.5. The van der Waals surface area contributed by atoms with E-state index in [2.05, 4.69) is 4.98 Å². The summed E-state index contributed by atoms with van der Waals surface area (Å²) in [6, 6.07) is 0. The maximum atomic E-state index is 12.6. The van der Waals surface area contributed by atoms with Crippen LogP contribution in [0, 0.1) is 19.8 Å². The molecule has 0 atom stereocenters. The fraction of sp³-hybridized carbons (Fsp3) is 0.562. The number of Topliss-reactive ketones (excluding diaryl/α,β-unsaturated/α-hetero) is 1. The average Bonchev–Trinajstić information content (AvgIpc) is 2.80. The van der Waals surface area contributed by atoms with E-state index in [0.717, 1.165) is 5.69 Å². The van der Waals surface area contributed by atoms with Crippen LogP contribution in [0.15, 0.2) is 0 Å². The molecular weight excluding hydrogens is 284 g/mol. The molecule has 120 valence electrons. The van der Waals surface area contributed by atoms with Crippen molar-refractivity contribution in [2.75, 3.05) is 20.2 Å². The van der Waals surface area contributed by atoms with Crippen LogP contribution in [-0.2, 0) is 9.53 Å². The number of carbonyl (C=O) groups excluding carboxylic acids is 3. The Bertz CT molecular complexity index is 610. The third kappa shape index (κ3) is 2.91. The van der Waals surface area contributed by atoms with Gasteiger partial charge in [-0.2, -0.15) is 0 Å². The Balaban J connectivity index is 2.12. The van der Waals surface area contributed by atoms with Crippen LogP contribution in [0.3, 0.4) is 0 Å². The van der Waals surface area contributed by atoms with Crippen LogP contribution in [-0.4, -0.2) is 47.7 Å². The lowest BCUT2D eigenvalue weighted by molar-refractivity contribution is -0.146. The first-order valence-electron chi connectivity index (χ1n) is 7.44. The van der Waals surface area contributed by atoms with Crippen molar-refractivity contribution in [2.24, 2.45) is 5.92 Å². The monoisotopic (exact) mass is 306 g/mol. The van der Waals surface area contributed by atoms with Gasteiger partial charge in [0.1, 0.15) is 5.69 Å². The van der Waals surface area contributed by atoms with Gasteiger partial charge >= 0.3 is 5.97 Å². The summed E-state index contributed by atoms with van der Waals surface area (Å²) in [7, 11) is 1.38. The Morgan fingerprint density at radius 1 is 1.18 bits per heavy atom. The number of aromatic amines is 1. The minimum Gasteiger partial charge on any atom is -0.469 e. The number of nitrogens with one attached hydrogen (secondary N) is 1. The molecule has 1 N–H and O–H groups in total. The summed E-state index contributed by atoms with van der Waals surface area (Å²) in [5, 5.41) is 0. The van der Waals surface area contributed by atoms with E-state index >= 15 is 0 Å². The Labute approximate surface area is 129 Å². The highest BCUT2D eigenvalue weighted by Gasteiger charge is 2.30. The summed E-state index contributed by atoms with van der Waals surface area (Å²) in [5.41, 5.74) is 2.48. The molecule has 2 rings (SSSR count). The number of hydrogen-bond acceptors (Lipinski definition) is 4. The zero-order valence-electron chi connectivity index (χ0n) is 13.5. The van der Waals surface area contributed by atoms with Gasteiger partial charge in [0.05, 0.1) is 13.0 Å². The van der Waals surface area contributed by atoms with Gasteiger partial charge < -0.3 is 14.6 Å². The van der Waals surface area contributed by atoms with Crippen LogP contribution in [0.5, 0.6) is 0 Å². The predicted molar refractivity (Wildman–Crippen MR) is 80.9 cm³/mol. The number of ether oxygens (including phenoxy) is 1. The van der Waals surface area contributed by atoms with E-state index in [1.165, 1.54) is 14.0 Å². The zero-order chi connectivity index (χ0) is 16.4. The van der Waals surface area contributed by atoms with Crippen molar-refractivity contribution in [3.05, 3.63) is 22.5 Å². The second-order valence-electron chi connectivity index (χ2n) is 5.77. The number of hydrogen-bond donors (Lipinski definition) is 1. The number of ketones is 1. The second kappa shape index (κ2) is 6.34. The van der Waals surface area contributed by atoms with Gasteiger partial charge in [-0.05, 0) is 39.2 Å². The van der Waals surface area contributed by atoms with Crippen LogP contribution in [0.1, 0.15) is 51.9 Å². The highest BCUT2D eigenvalue weighted by atomic mass is 16.5. The molecule has 1 fully saturated rings. The number of carbonyl (C=O) groups is 3. The molecule has 6 nitrogen and oxygen atoms in total. The quantitative estimate of drug-likeness (QED) is 0.683. The van der Waals surface area contributed by atoms with Gasteiger partial charge in [-0.1, -0.05) is 0 Å². The van der Waals surface area contributed by atoms with Crippen molar-refractivity contribution < 1.29 is 19.1 Å². The minimum atomic E-state index is -0.210. The number of nitrogens with zero attached hydrogens (tertiary/aromatic N) is 1. The number of H-pyrrole nitrogens is 1. The van der Waals surface area contributed by atoms with Crippen molar-refractivity contribution in [2.45, 2.75) is 33.6 Å². The van der Waals surface area contributed by atoms with Crippen LogP contribution in [0.4, 0.5) is 0 Å². The van der Waals surface area contributed by atoms with Gasteiger partial charge in [-0.3, -0.25) is 14.4 Å². The molecule has 1 saturated heterocycles. The van der Waals surface area contributed by atoms with E-state index in [-0.39, 0.29) is 23.6 Å². The Morgan fingerprint density at radius 3 is 2.23 bits per heavy atom. The molecule has 1 amide bonds. The van der Waals surface area contributed by atoms with Crippen molar-refractivity contribution >= 4 is 17.7 Å². The van der Waals surface area contributed by atoms with Gasteiger partial charge in [-0.25, -0.2) is 0 Å². The molecule has 0 saturated carbocycles. The number of aromatic nitrogens is 1. The molecule has 1 aromatic heterocycles. The normalized spacial score (nSPS) is 15.7. The maximum absolute atomic E-state index is 12.6. The van der Waals surface area contributed by atoms with Crippen LogP contribution in [0.2, 0.25) is 0 Å². The summed E-state index contributed by atoms with van der Waals surface area (Å²) in [6.45, 7) is 6.12. The largest absolute Gasteiger partial charge is 0.469 e. The first kappa shape index (κ1) is 16.3. The Kier molecular flexibility index (Phi) is 4.68. The van der Waals surface area contributed by atoms with E-state index in [9.17, 15) is 14.4 Å². The minimum absolute atomic E-state index is 0.0466. The third-order valence-corrected chi connectivity index (χ3v) is 4.32. The molecule has 0 bridgehead atoms. The van der Waals surface area contributed by atoms with Crippen molar-refractivity contribution in [1.29, 1.82) is 0 Å². The fourth-order valence-electron chi connectivity index (χ4n) is 3.14. The number of aryl methyl sites for hydroxylation is 1. The number of rotatable bonds is 3. The van der Waals surface area contributed by atoms with E-state index in [1.807, 2.05) is 0 Å². The van der Waals surface area contributed by atoms with Crippen molar-refractivity contribution in [1.82, 2.24) is 9.88 Å². The van der Waals surface area contributed by atoms with Gasteiger partial charge in [-0.15, -0.1) is 0 Å². The summed E-state index contributed by atoms with van der Waals surface area (Å²) in [5.74, 6) is -0.503. The van der Waals surface area contributed by atoms with E-state index in [0.29, 0.717) is 42.8 Å². The molecule has 1 aliphatic heterocycles. The molecule has 0 aliphatic carbocycles. The van der Waals surface area contributed by atoms with Crippen LogP contribution in [0.25, 0.3) is 0 Å². The molecule has 2 heterocycles. The molecule has 0 spiro atoms.